The summed E-state index contributed by atoms with van der Waals surface area (Å²) >= 11 is 0. The van der Waals surface area contributed by atoms with Gasteiger partial charge in [-0.1, -0.05) is 12.1 Å². The number of anilines is 2. The smallest absolute Gasteiger partial charge is 0.295 e. The van der Waals surface area contributed by atoms with Gasteiger partial charge in [-0.25, -0.2) is 0 Å². The van der Waals surface area contributed by atoms with Gasteiger partial charge >= 0.3 is 0 Å². The van der Waals surface area contributed by atoms with Crippen LogP contribution in [0.1, 0.15) is 5.56 Å². The molecule has 0 bridgehead atoms. The lowest BCUT2D eigenvalue weighted by molar-refractivity contribution is 0.481. The molecule has 0 spiro atoms. The summed E-state index contributed by atoms with van der Waals surface area (Å²) in [6.07, 6.45) is 0. The van der Waals surface area contributed by atoms with Gasteiger partial charge in [0.25, 0.3) is 20.2 Å². The highest BCUT2D eigenvalue weighted by atomic mass is 32.2. The quantitative estimate of drug-likeness (QED) is 0.272. The Balaban J connectivity index is 2.28. The minimum atomic E-state index is -4.74. The first kappa shape index (κ1) is 20.7. The zero-order chi connectivity index (χ0) is 21.6. The van der Waals surface area contributed by atoms with Gasteiger partial charge in [0, 0.05) is 16.5 Å². The first-order valence-electron chi connectivity index (χ1n) is 7.97. The molecule has 0 aliphatic heterocycles. The van der Waals surface area contributed by atoms with Crippen molar-refractivity contribution in [2.45, 2.75) is 16.7 Å². The molecule has 0 aliphatic rings. The summed E-state index contributed by atoms with van der Waals surface area (Å²) in [5.41, 5.74) is 13.2. The largest absolute Gasteiger partial charge is 0.398 e. The number of hydrogen-bond acceptors (Lipinski definition) is 8. The second-order valence-electron chi connectivity index (χ2n) is 6.16. The zero-order valence-corrected chi connectivity index (χ0v) is 16.6. The Labute approximate surface area is 166 Å². The molecule has 152 valence electrons. The second kappa shape index (κ2) is 7.08. The van der Waals surface area contributed by atoms with Crippen molar-refractivity contribution in [3.05, 3.63) is 48.0 Å². The van der Waals surface area contributed by atoms with Crippen LogP contribution in [0.4, 0.5) is 22.7 Å². The van der Waals surface area contributed by atoms with Crippen LogP contribution in [0.3, 0.4) is 0 Å². The minimum absolute atomic E-state index is 0.0879. The van der Waals surface area contributed by atoms with Gasteiger partial charge in [-0.15, -0.1) is 5.11 Å². The Bertz CT molecular complexity index is 1380. The maximum Gasteiger partial charge on any atom is 0.295 e. The molecule has 0 saturated heterocycles. The van der Waals surface area contributed by atoms with Crippen molar-refractivity contribution in [3.63, 3.8) is 0 Å². The van der Waals surface area contributed by atoms with Crippen molar-refractivity contribution in [2.24, 2.45) is 10.2 Å². The number of fused-ring (bicyclic) bond motifs is 1. The summed E-state index contributed by atoms with van der Waals surface area (Å²) in [4.78, 5) is -1.13. The van der Waals surface area contributed by atoms with Crippen molar-refractivity contribution in [1.29, 1.82) is 0 Å². The van der Waals surface area contributed by atoms with E-state index in [1.165, 1.54) is 24.3 Å². The van der Waals surface area contributed by atoms with Crippen LogP contribution in [0.25, 0.3) is 10.8 Å². The highest BCUT2D eigenvalue weighted by molar-refractivity contribution is 7.86. The van der Waals surface area contributed by atoms with E-state index >= 15 is 0 Å². The van der Waals surface area contributed by atoms with E-state index in [0.717, 1.165) is 12.1 Å². The number of rotatable bonds is 4. The van der Waals surface area contributed by atoms with Crippen LogP contribution < -0.4 is 11.5 Å². The summed E-state index contributed by atoms with van der Waals surface area (Å²) < 4.78 is 66.0. The number of azo groups is 1. The Kier molecular flexibility index (Phi) is 5.04. The molecule has 10 nitrogen and oxygen atoms in total. The average molecular weight is 436 g/mol. The lowest BCUT2D eigenvalue weighted by Gasteiger charge is -2.09. The summed E-state index contributed by atoms with van der Waals surface area (Å²) in [7, 11) is -9.41. The second-order valence-corrected chi connectivity index (χ2v) is 8.94. The average Bonchev–Trinajstić information content (AvgIpc) is 2.63. The molecule has 0 aromatic heterocycles. The van der Waals surface area contributed by atoms with Gasteiger partial charge in [0.05, 0.1) is 11.4 Å². The number of benzene rings is 3. The van der Waals surface area contributed by atoms with Crippen LogP contribution in [0.15, 0.2) is 62.5 Å². The monoisotopic (exact) mass is 436 g/mol. The zero-order valence-electron chi connectivity index (χ0n) is 14.9. The Hall–Kier alpha value is -3.06. The topological polar surface area (TPSA) is 186 Å². The SMILES string of the molecule is Cc1c(N)ccc(N=Nc2cc(S(=O)(=O)O)c3cccc(S(=O)(=O)O)c3c2)c1N. The third kappa shape index (κ3) is 4.05. The van der Waals surface area contributed by atoms with Gasteiger partial charge < -0.3 is 11.5 Å². The van der Waals surface area contributed by atoms with Gasteiger partial charge in [0.15, 0.2) is 0 Å². The molecule has 0 fully saturated rings. The van der Waals surface area contributed by atoms with Gasteiger partial charge in [-0.05, 0) is 42.8 Å². The Morgan fingerprint density at radius 2 is 1.48 bits per heavy atom. The van der Waals surface area contributed by atoms with Crippen molar-refractivity contribution >= 4 is 53.8 Å². The van der Waals surface area contributed by atoms with E-state index in [-0.39, 0.29) is 27.8 Å². The molecule has 3 aromatic rings. The Morgan fingerprint density at radius 1 is 0.828 bits per heavy atom. The molecule has 0 unspecified atom stereocenters. The van der Waals surface area contributed by atoms with Crippen LogP contribution in [-0.4, -0.2) is 25.9 Å². The molecule has 29 heavy (non-hydrogen) atoms. The fourth-order valence-corrected chi connectivity index (χ4v) is 4.16. The molecule has 0 heterocycles. The van der Waals surface area contributed by atoms with Crippen LogP contribution in [0, 0.1) is 6.92 Å². The first-order chi connectivity index (χ1) is 13.4. The summed E-state index contributed by atoms with van der Waals surface area (Å²) in [6.45, 7) is 1.69. The van der Waals surface area contributed by atoms with Crippen molar-refractivity contribution in [3.8, 4) is 0 Å². The lowest BCUT2D eigenvalue weighted by Crippen LogP contribution is -2.03. The predicted molar refractivity (Wildman–Crippen MR) is 108 cm³/mol. The third-order valence-corrected chi connectivity index (χ3v) is 6.07. The van der Waals surface area contributed by atoms with Gasteiger partial charge in [0.2, 0.25) is 0 Å². The van der Waals surface area contributed by atoms with E-state index in [0.29, 0.717) is 11.3 Å². The van der Waals surface area contributed by atoms with E-state index < -0.39 is 30.0 Å². The van der Waals surface area contributed by atoms with Crippen LogP contribution in [0.5, 0.6) is 0 Å². The highest BCUT2D eigenvalue weighted by Gasteiger charge is 2.21. The normalized spacial score (nSPS) is 12.7. The standard InChI is InChI=1S/C17H16N4O6S2/c1-9-13(18)5-6-14(17(9)19)21-20-10-7-12-11(16(8-10)29(25,26)27)3-2-4-15(12)28(22,23)24/h2-8H,18-19H2,1H3,(H,22,23,24)(H,25,26,27). The van der Waals surface area contributed by atoms with E-state index in [9.17, 15) is 25.9 Å². The molecule has 0 aliphatic carbocycles. The number of nitrogens with zero attached hydrogens (tertiary/aromatic N) is 2. The molecule has 0 atom stereocenters. The molecule has 0 radical (unpaired) electrons. The van der Waals surface area contributed by atoms with E-state index in [1.807, 2.05) is 0 Å². The number of nitrogen functional groups attached to an aromatic ring is 2. The highest BCUT2D eigenvalue weighted by Crippen LogP contribution is 2.35. The maximum absolute atomic E-state index is 11.8. The number of hydrogen-bond donors (Lipinski definition) is 4. The fourth-order valence-electron chi connectivity index (χ4n) is 2.74. The maximum atomic E-state index is 11.8. The molecule has 6 N–H and O–H groups in total. The van der Waals surface area contributed by atoms with Crippen molar-refractivity contribution < 1.29 is 25.9 Å². The summed E-state index contributed by atoms with van der Waals surface area (Å²) in [5, 5.41) is 7.60. The first-order valence-corrected chi connectivity index (χ1v) is 10.9. The van der Waals surface area contributed by atoms with Gasteiger partial charge in [0.1, 0.15) is 15.5 Å². The number of nitrogens with two attached hydrogens (primary N) is 2. The van der Waals surface area contributed by atoms with Crippen molar-refractivity contribution in [2.75, 3.05) is 11.5 Å². The van der Waals surface area contributed by atoms with Gasteiger partial charge in [-0.2, -0.15) is 21.9 Å². The van der Waals surface area contributed by atoms with E-state index in [4.69, 9.17) is 11.5 Å². The van der Waals surface area contributed by atoms with Crippen molar-refractivity contribution in [1.82, 2.24) is 0 Å². The third-order valence-electron chi connectivity index (χ3n) is 4.27. The lowest BCUT2D eigenvalue weighted by atomic mass is 10.1. The van der Waals surface area contributed by atoms with Gasteiger partial charge in [-0.3, -0.25) is 9.11 Å². The molecular formula is C17H16N4O6S2. The summed E-state index contributed by atoms with van der Waals surface area (Å²) in [6, 6.07) is 8.93. The predicted octanol–water partition coefficient (Wildman–Crippen LogP) is 3.22. The minimum Gasteiger partial charge on any atom is -0.398 e. The molecule has 0 amide bonds. The van der Waals surface area contributed by atoms with E-state index in [2.05, 4.69) is 10.2 Å². The van der Waals surface area contributed by atoms with E-state index in [1.54, 1.807) is 13.0 Å². The Morgan fingerprint density at radius 3 is 2.10 bits per heavy atom. The fraction of sp³-hybridized carbons (Fsp3) is 0.0588. The summed E-state index contributed by atoms with van der Waals surface area (Å²) in [5.74, 6) is 0. The van der Waals surface area contributed by atoms with Crippen LogP contribution in [0.2, 0.25) is 0 Å². The molecular weight excluding hydrogens is 420 g/mol. The van der Waals surface area contributed by atoms with Crippen LogP contribution >= 0.6 is 0 Å². The molecule has 3 rings (SSSR count). The molecule has 12 heteroatoms. The van der Waals surface area contributed by atoms with Crippen LogP contribution in [-0.2, 0) is 20.2 Å². The molecule has 0 saturated carbocycles. The molecule has 3 aromatic carbocycles.